The number of amides is 1. The maximum atomic E-state index is 11.3. The number of nitrogens with zero attached hydrogens (tertiary/aromatic N) is 3. The highest BCUT2D eigenvalue weighted by atomic mass is 16.5. The maximum Gasteiger partial charge on any atom is 0.251 e. The molecule has 0 atom stereocenters. The molecule has 144 valence electrons. The molecular weight excluding hydrogens is 354 g/mol. The number of primary amides is 1. The fourth-order valence-electron chi connectivity index (χ4n) is 3.20. The van der Waals surface area contributed by atoms with Crippen LogP contribution in [-0.4, -0.2) is 46.9 Å². The Bertz CT molecular complexity index is 945. The number of carbonyl (C=O) groups excluding carboxylic acids is 1. The van der Waals surface area contributed by atoms with E-state index in [1.165, 1.54) is 11.8 Å². The van der Waals surface area contributed by atoms with Gasteiger partial charge in [0.2, 0.25) is 0 Å². The van der Waals surface area contributed by atoms with Gasteiger partial charge in [-0.25, -0.2) is 4.68 Å². The molecule has 1 fully saturated rings. The van der Waals surface area contributed by atoms with Crippen molar-refractivity contribution in [1.29, 1.82) is 0 Å². The Morgan fingerprint density at radius 1 is 1.11 bits per heavy atom. The number of anilines is 2. The van der Waals surface area contributed by atoms with Gasteiger partial charge in [-0.2, -0.15) is 5.10 Å². The monoisotopic (exact) mass is 377 g/mol. The van der Waals surface area contributed by atoms with Crippen molar-refractivity contribution in [2.75, 3.05) is 31.6 Å². The topological polar surface area (TPSA) is 85.4 Å². The Morgan fingerprint density at radius 3 is 2.61 bits per heavy atom. The second-order valence-electron chi connectivity index (χ2n) is 6.80. The zero-order chi connectivity index (χ0) is 19.3. The number of carbonyl (C=O) groups is 1. The summed E-state index contributed by atoms with van der Waals surface area (Å²) in [5.74, 6) is -0.488. The first-order valence-corrected chi connectivity index (χ1v) is 9.28. The summed E-state index contributed by atoms with van der Waals surface area (Å²) in [5, 5.41) is 7.61. The zero-order valence-electron chi connectivity index (χ0n) is 15.5. The van der Waals surface area contributed by atoms with Crippen molar-refractivity contribution in [2.24, 2.45) is 5.73 Å². The molecular formula is C21H23N5O2. The van der Waals surface area contributed by atoms with Crippen LogP contribution in [0.25, 0.3) is 5.69 Å². The molecule has 2 heterocycles. The predicted octanol–water partition coefficient (Wildman–Crippen LogP) is 2.55. The summed E-state index contributed by atoms with van der Waals surface area (Å²) in [6, 6.07) is 16.3. The van der Waals surface area contributed by atoms with E-state index in [1.807, 2.05) is 24.3 Å². The molecule has 1 amide bonds. The first-order valence-electron chi connectivity index (χ1n) is 9.28. The van der Waals surface area contributed by atoms with Gasteiger partial charge in [0.05, 0.1) is 30.7 Å². The lowest BCUT2D eigenvalue weighted by Crippen LogP contribution is -2.35. The third-order valence-corrected chi connectivity index (χ3v) is 4.73. The van der Waals surface area contributed by atoms with E-state index >= 15 is 0 Å². The molecule has 0 aliphatic carbocycles. The van der Waals surface area contributed by atoms with Gasteiger partial charge in [-0.1, -0.05) is 18.2 Å². The fourth-order valence-corrected chi connectivity index (χ4v) is 3.20. The summed E-state index contributed by atoms with van der Waals surface area (Å²) in [4.78, 5) is 13.7. The number of aromatic nitrogens is 2. The third-order valence-electron chi connectivity index (χ3n) is 4.73. The molecule has 1 aliphatic rings. The lowest BCUT2D eigenvalue weighted by atomic mass is 10.2. The van der Waals surface area contributed by atoms with Crippen LogP contribution in [0.3, 0.4) is 0 Å². The molecule has 0 saturated carbocycles. The zero-order valence-corrected chi connectivity index (χ0v) is 15.5. The quantitative estimate of drug-likeness (QED) is 0.690. The molecule has 28 heavy (non-hydrogen) atoms. The minimum atomic E-state index is -0.488. The van der Waals surface area contributed by atoms with E-state index in [0.717, 1.165) is 49.9 Å². The fraction of sp³-hybridized carbons (Fsp3) is 0.238. The van der Waals surface area contributed by atoms with Gasteiger partial charge >= 0.3 is 0 Å². The standard InChI is InChI=1S/C21H23N5O2/c22-21(27)17-13-23-26(15-17)20-3-1-2-19(12-20)24-18-6-4-16(5-7-18)14-25-8-10-28-11-9-25/h1-7,12-13,15,24H,8-11,14H2,(H2,22,27). The molecule has 7 nitrogen and oxygen atoms in total. The molecule has 7 heteroatoms. The average molecular weight is 377 g/mol. The van der Waals surface area contributed by atoms with Crippen LogP contribution in [0.5, 0.6) is 0 Å². The molecule has 1 aliphatic heterocycles. The SMILES string of the molecule is NC(=O)c1cnn(-c2cccc(Nc3ccc(CN4CCOCC4)cc3)c2)c1. The summed E-state index contributed by atoms with van der Waals surface area (Å²) >= 11 is 0. The second kappa shape index (κ2) is 8.24. The number of ether oxygens (including phenoxy) is 1. The van der Waals surface area contributed by atoms with Gasteiger partial charge in [0.1, 0.15) is 0 Å². The lowest BCUT2D eigenvalue weighted by Gasteiger charge is -2.26. The van der Waals surface area contributed by atoms with Gasteiger partial charge in [-0.15, -0.1) is 0 Å². The first kappa shape index (κ1) is 18.2. The molecule has 2 aromatic carbocycles. The average Bonchev–Trinajstić information content (AvgIpc) is 3.21. The Kier molecular flexibility index (Phi) is 5.36. The summed E-state index contributed by atoms with van der Waals surface area (Å²) < 4.78 is 7.03. The predicted molar refractivity (Wildman–Crippen MR) is 108 cm³/mol. The Labute approximate surface area is 163 Å². The van der Waals surface area contributed by atoms with Crippen molar-refractivity contribution in [3.05, 3.63) is 72.1 Å². The van der Waals surface area contributed by atoms with Crippen LogP contribution < -0.4 is 11.1 Å². The lowest BCUT2D eigenvalue weighted by molar-refractivity contribution is 0.0342. The Balaban J connectivity index is 1.43. The number of hydrogen-bond donors (Lipinski definition) is 2. The van der Waals surface area contributed by atoms with E-state index in [1.54, 1.807) is 10.9 Å². The molecule has 0 radical (unpaired) electrons. The largest absolute Gasteiger partial charge is 0.379 e. The van der Waals surface area contributed by atoms with Gasteiger partial charge < -0.3 is 15.8 Å². The van der Waals surface area contributed by atoms with Crippen molar-refractivity contribution in [2.45, 2.75) is 6.54 Å². The number of rotatable bonds is 6. The van der Waals surface area contributed by atoms with Crippen LogP contribution in [0.2, 0.25) is 0 Å². The smallest absolute Gasteiger partial charge is 0.251 e. The van der Waals surface area contributed by atoms with Crippen LogP contribution in [0.1, 0.15) is 15.9 Å². The minimum absolute atomic E-state index is 0.384. The minimum Gasteiger partial charge on any atom is -0.379 e. The van der Waals surface area contributed by atoms with Crippen molar-refractivity contribution < 1.29 is 9.53 Å². The van der Waals surface area contributed by atoms with Crippen LogP contribution >= 0.6 is 0 Å². The first-order chi connectivity index (χ1) is 13.7. The van der Waals surface area contributed by atoms with Crippen LogP contribution in [0.4, 0.5) is 11.4 Å². The molecule has 1 saturated heterocycles. The molecule has 4 rings (SSSR count). The Hall–Kier alpha value is -3.16. The van der Waals surface area contributed by atoms with Gasteiger partial charge in [0.15, 0.2) is 0 Å². The van der Waals surface area contributed by atoms with Crippen molar-refractivity contribution in [3.8, 4) is 5.69 Å². The maximum absolute atomic E-state index is 11.3. The normalized spacial score (nSPS) is 14.7. The Morgan fingerprint density at radius 2 is 1.89 bits per heavy atom. The van der Waals surface area contributed by atoms with Gasteiger partial charge in [0.25, 0.3) is 5.91 Å². The van der Waals surface area contributed by atoms with E-state index < -0.39 is 5.91 Å². The number of nitrogens with two attached hydrogens (primary N) is 1. The third kappa shape index (κ3) is 4.39. The molecule has 0 spiro atoms. The molecule has 1 aromatic heterocycles. The second-order valence-corrected chi connectivity index (χ2v) is 6.80. The molecule has 0 bridgehead atoms. The summed E-state index contributed by atoms with van der Waals surface area (Å²) in [7, 11) is 0. The van der Waals surface area contributed by atoms with Crippen LogP contribution in [-0.2, 0) is 11.3 Å². The molecule has 3 aromatic rings. The van der Waals surface area contributed by atoms with Gasteiger partial charge in [0, 0.05) is 37.2 Å². The van der Waals surface area contributed by atoms with E-state index in [9.17, 15) is 4.79 Å². The summed E-state index contributed by atoms with van der Waals surface area (Å²) in [6.45, 7) is 4.54. The number of hydrogen-bond acceptors (Lipinski definition) is 5. The summed E-state index contributed by atoms with van der Waals surface area (Å²) in [6.07, 6.45) is 3.09. The van der Waals surface area contributed by atoms with E-state index in [-0.39, 0.29) is 0 Å². The van der Waals surface area contributed by atoms with E-state index in [2.05, 4.69) is 39.6 Å². The molecule has 3 N–H and O–H groups in total. The van der Waals surface area contributed by atoms with Crippen molar-refractivity contribution in [1.82, 2.24) is 14.7 Å². The highest BCUT2D eigenvalue weighted by molar-refractivity contribution is 5.92. The highest BCUT2D eigenvalue weighted by Crippen LogP contribution is 2.20. The summed E-state index contributed by atoms with van der Waals surface area (Å²) in [5.41, 5.74) is 9.77. The van der Waals surface area contributed by atoms with Crippen LogP contribution in [0.15, 0.2) is 60.9 Å². The van der Waals surface area contributed by atoms with Crippen LogP contribution in [0, 0.1) is 0 Å². The number of morpholine rings is 1. The van der Waals surface area contributed by atoms with E-state index in [0.29, 0.717) is 5.56 Å². The van der Waals surface area contributed by atoms with Crippen molar-refractivity contribution >= 4 is 17.3 Å². The van der Waals surface area contributed by atoms with E-state index in [4.69, 9.17) is 10.5 Å². The van der Waals surface area contributed by atoms with Crippen molar-refractivity contribution in [3.63, 3.8) is 0 Å². The highest BCUT2D eigenvalue weighted by Gasteiger charge is 2.10. The number of nitrogens with one attached hydrogen (secondary N) is 1. The van der Waals surface area contributed by atoms with Gasteiger partial charge in [-0.05, 0) is 35.9 Å². The van der Waals surface area contributed by atoms with Gasteiger partial charge in [-0.3, -0.25) is 9.69 Å². The number of benzene rings is 2. The molecule has 0 unspecified atom stereocenters.